The Kier molecular flexibility index (Phi) is 6.11. The lowest BCUT2D eigenvalue weighted by molar-refractivity contribution is -0.137. The first kappa shape index (κ1) is 23.2. The first-order chi connectivity index (χ1) is 15.0. The number of pyridine rings is 1. The smallest absolute Gasteiger partial charge is 0.388 e. The van der Waals surface area contributed by atoms with E-state index in [2.05, 4.69) is 13.8 Å². The van der Waals surface area contributed by atoms with Crippen molar-refractivity contribution < 1.29 is 28.1 Å². The average molecular weight is 450 g/mol. The number of nitrogens with zero attached hydrogens (tertiary/aromatic N) is 1. The molecule has 1 aliphatic heterocycles. The van der Waals surface area contributed by atoms with Gasteiger partial charge in [0, 0.05) is 36.0 Å². The normalized spacial score (nSPS) is 22.4. The first-order valence-electron chi connectivity index (χ1n) is 11.1. The highest BCUT2D eigenvalue weighted by atomic mass is 19.4. The molecule has 4 nitrogen and oxygen atoms in total. The molecule has 1 unspecified atom stereocenters. The van der Waals surface area contributed by atoms with E-state index in [9.17, 15) is 23.4 Å². The molecule has 2 N–H and O–H groups in total. The number of rotatable bonds is 3. The van der Waals surface area contributed by atoms with Crippen LogP contribution >= 0.6 is 0 Å². The van der Waals surface area contributed by atoms with Gasteiger partial charge in [0.2, 0.25) is 0 Å². The topological polar surface area (TPSA) is 62.6 Å². The predicted octanol–water partition coefficient (Wildman–Crippen LogP) is 5.39. The Hall–Kier alpha value is -1.96. The molecule has 2 aliphatic rings. The van der Waals surface area contributed by atoms with Crippen LogP contribution in [-0.4, -0.2) is 28.4 Å². The van der Waals surface area contributed by atoms with E-state index in [0.717, 1.165) is 53.9 Å². The van der Waals surface area contributed by atoms with Crippen molar-refractivity contribution in [3.05, 3.63) is 63.5 Å². The highest BCUT2D eigenvalue weighted by Crippen LogP contribution is 2.45. The molecule has 1 fully saturated rings. The van der Waals surface area contributed by atoms with Gasteiger partial charge in [-0.05, 0) is 61.3 Å². The fraction of sp³-hybridized carbons (Fsp3) is 0.560. The summed E-state index contributed by atoms with van der Waals surface area (Å²) in [4.78, 5) is 4.99. The van der Waals surface area contributed by atoms with E-state index < -0.39 is 23.9 Å². The molecular weight excluding hydrogens is 419 g/mol. The fourth-order valence-electron chi connectivity index (χ4n) is 5.20. The summed E-state index contributed by atoms with van der Waals surface area (Å²) >= 11 is 0. The molecular formula is C25H30F3NO3. The van der Waals surface area contributed by atoms with Gasteiger partial charge in [0.25, 0.3) is 0 Å². The minimum atomic E-state index is -4.43. The zero-order valence-electron chi connectivity index (χ0n) is 18.7. The lowest BCUT2D eigenvalue weighted by atomic mass is 9.72. The zero-order valence-corrected chi connectivity index (χ0v) is 18.7. The number of alkyl halides is 3. The van der Waals surface area contributed by atoms with Crippen molar-refractivity contribution in [1.29, 1.82) is 0 Å². The quantitative estimate of drug-likeness (QED) is 0.660. The highest BCUT2D eigenvalue weighted by molar-refractivity contribution is 5.48. The van der Waals surface area contributed by atoms with Crippen LogP contribution in [0, 0.1) is 12.3 Å². The largest absolute Gasteiger partial charge is 0.416 e. The van der Waals surface area contributed by atoms with Crippen LogP contribution in [0.15, 0.2) is 24.3 Å². The van der Waals surface area contributed by atoms with Crippen molar-refractivity contribution in [2.45, 2.75) is 70.8 Å². The molecule has 2 aromatic rings. The summed E-state index contributed by atoms with van der Waals surface area (Å²) in [5, 5.41) is 22.2. The number of fused-ring (bicyclic) bond motifs is 1. The summed E-state index contributed by atoms with van der Waals surface area (Å²) in [6.45, 7) is 7.30. The van der Waals surface area contributed by atoms with Crippen LogP contribution in [0.2, 0.25) is 0 Å². The van der Waals surface area contributed by atoms with Crippen LogP contribution in [0.5, 0.6) is 0 Å². The van der Waals surface area contributed by atoms with E-state index in [0.29, 0.717) is 30.8 Å². The second-order valence-corrected chi connectivity index (χ2v) is 9.87. The van der Waals surface area contributed by atoms with Gasteiger partial charge in [0.15, 0.2) is 0 Å². The van der Waals surface area contributed by atoms with E-state index >= 15 is 0 Å². The number of benzene rings is 1. The molecule has 0 bridgehead atoms. The molecule has 1 saturated heterocycles. The maximum absolute atomic E-state index is 13.0. The van der Waals surface area contributed by atoms with Crippen LogP contribution in [0.1, 0.15) is 90.4 Å². The third-order valence-electron chi connectivity index (χ3n) is 6.81. The third-order valence-corrected chi connectivity index (χ3v) is 6.81. The molecule has 0 spiro atoms. The maximum atomic E-state index is 13.0. The summed E-state index contributed by atoms with van der Waals surface area (Å²) in [6.07, 6.45) is -3.40. The molecule has 1 aliphatic carbocycles. The maximum Gasteiger partial charge on any atom is 0.416 e. The number of aromatic nitrogens is 1. The van der Waals surface area contributed by atoms with Crippen LogP contribution in [0.4, 0.5) is 13.2 Å². The molecule has 0 amide bonds. The molecule has 7 heteroatoms. The van der Waals surface area contributed by atoms with E-state index in [-0.39, 0.29) is 11.3 Å². The SMILES string of the molecule is Cc1c2c(nc(C3CCOCC3)c1[C@@H](O)c1ccc(C(F)(F)F)cc1)CC(C)(C)CC2O. The van der Waals surface area contributed by atoms with Gasteiger partial charge in [-0.1, -0.05) is 26.0 Å². The first-order valence-corrected chi connectivity index (χ1v) is 11.1. The van der Waals surface area contributed by atoms with E-state index in [1.807, 2.05) is 6.92 Å². The number of halogens is 3. The summed E-state index contributed by atoms with van der Waals surface area (Å²) in [7, 11) is 0. The molecule has 4 rings (SSSR count). The fourth-order valence-corrected chi connectivity index (χ4v) is 5.20. The number of aliphatic hydroxyl groups excluding tert-OH is 2. The second kappa shape index (κ2) is 8.43. The molecule has 32 heavy (non-hydrogen) atoms. The monoisotopic (exact) mass is 449 g/mol. The van der Waals surface area contributed by atoms with Crippen molar-refractivity contribution in [2.75, 3.05) is 13.2 Å². The van der Waals surface area contributed by atoms with Gasteiger partial charge in [-0.15, -0.1) is 0 Å². The van der Waals surface area contributed by atoms with Gasteiger partial charge in [-0.2, -0.15) is 13.2 Å². The van der Waals surface area contributed by atoms with Crippen molar-refractivity contribution in [3.63, 3.8) is 0 Å². The number of hydrogen-bond donors (Lipinski definition) is 2. The zero-order chi connectivity index (χ0) is 23.3. The Bertz CT molecular complexity index is 979. The van der Waals surface area contributed by atoms with Crippen LogP contribution in [0.25, 0.3) is 0 Å². The van der Waals surface area contributed by atoms with Gasteiger partial charge in [-0.25, -0.2) is 0 Å². The average Bonchev–Trinajstić information content (AvgIpc) is 2.72. The molecule has 2 atom stereocenters. The molecule has 1 aromatic carbocycles. The molecule has 2 heterocycles. The molecule has 1 aromatic heterocycles. The van der Waals surface area contributed by atoms with Crippen molar-refractivity contribution in [1.82, 2.24) is 4.98 Å². The van der Waals surface area contributed by atoms with Gasteiger partial charge >= 0.3 is 6.18 Å². The van der Waals surface area contributed by atoms with Crippen molar-refractivity contribution in [2.24, 2.45) is 5.41 Å². The molecule has 174 valence electrons. The van der Waals surface area contributed by atoms with Crippen LogP contribution in [-0.2, 0) is 17.3 Å². The Morgan fingerprint density at radius 1 is 1.12 bits per heavy atom. The Morgan fingerprint density at radius 3 is 2.34 bits per heavy atom. The predicted molar refractivity (Wildman–Crippen MR) is 114 cm³/mol. The van der Waals surface area contributed by atoms with Gasteiger partial charge < -0.3 is 14.9 Å². The minimum Gasteiger partial charge on any atom is -0.388 e. The lowest BCUT2D eigenvalue weighted by Gasteiger charge is -2.37. The number of ether oxygens (including phenoxy) is 1. The van der Waals surface area contributed by atoms with Gasteiger partial charge in [0.1, 0.15) is 6.10 Å². The minimum absolute atomic E-state index is 0.0909. The Labute approximate surface area is 186 Å². The summed E-state index contributed by atoms with van der Waals surface area (Å²) in [5.74, 6) is 0.0917. The highest BCUT2D eigenvalue weighted by Gasteiger charge is 2.37. The Balaban J connectivity index is 1.83. The van der Waals surface area contributed by atoms with Crippen LogP contribution in [0.3, 0.4) is 0 Å². The lowest BCUT2D eigenvalue weighted by Crippen LogP contribution is -2.30. The standard InChI is InChI=1S/C25H30F3NO3/c1-14-20-18(12-24(2,3)13-19(20)30)29-22(15-8-10-32-11-9-15)21(14)23(31)16-4-6-17(7-5-16)25(26,27)28/h4-7,15,19,23,30-31H,8-13H2,1-3H3/t19?,23-/m0/s1. The molecule has 0 radical (unpaired) electrons. The Morgan fingerprint density at radius 2 is 1.75 bits per heavy atom. The van der Waals surface area contributed by atoms with E-state index in [1.54, 1.807) is 0 Å². The van der Waals surface area contributed by atoms with E-state index in [1.165, 1.54) is 12.1 Å². The summed E-state index contributed by atoms with van der Waals surface area (Å²) in [6, 6.07) is 4.62. The second-order valence-electron chi connectivity index (χ2n) is 9.87. The van der Waals surface area contributed by atoms with Gasteiger partial charge in [-0.3, -0.25) is 4.98 Å². The third kappa shape index (κ3) is 4.43. The summed E-state index contributed by atoms with van der Waals surface area (Å²) in [5.41, 5.74) is 3.31. The van der Waals surface area contributed by atoms with Crippen molar-refractivity contribution in [3.8, 4) is 0 Å². The van der Waals surface area contributed by atoms with Crippen molar-refractivity contribution >= 4 is 0 Å². The number of hydrogen-bond acceptors (Lipinski definition) is 4. The van der Waals surface area contributed by atoms with Crippen LogP contribution < -0.4 is 0 Å². The van der Waals surface area contributed by atoms with E-state index in [4.69, 9.17) is 9.72 Å². The number of aliphatic hydroxyl groups is 2. The summed E-state index contributed by atoms with van der Waals surface area (Å²) < 4.78 is 44.5. The van der Waals surface area contributed by atoms with Gasteiger partial charge in [0.05, 0.1) is 17.4 Å². The molecule has 0 saturated carbocycles.